The molecular formula is C27H27ClF3NO3. The van der Waals surface area contributed by atoms with Crippen LogP contribution >= 0.6 is 11.6 Å². The van der Waals surface area contributed by atoms with Crippen LogP contribution in [0.4, 0.5) is 18.9 Å². The molecule has 0 radical (unpaired) electrons. The van der Waals surface area contributed by atoms with E-state index < -0.39 is 17.6 Å². The van der Waals surface area contributed by atoms with Crippen LogP contribution in [0.5, 0.6) is 11.5 Å². The third-order valence-corrected chi connectivity index (χ3v) is 5.57. The molecule has 8 heteroatoms. The van der Waals surface area contributed by atoms with Crippen molar-refractivity contribution in [2.75, 3.05) is 11.9 Å². The third-order valence-electron chi connectivity index (χ3n) is 5.24. The van der Waals surface area contributed by atoms with Crippen molar-refractivity contribution in [2.24, 2.45) is 0 Å². The lowest BCUT2D eigenvalue weighted by Gasteiger charge is -2.23. The Labute approximate surface area is 208 Å². The quantitative estimate of drug-likeness (QED) is 0.355. The molecule has 1 amide bonds. The van der Waals surface area contributed by atoms with Gasteiger partial charge in [-0.2, -0.15) is 13.2 Å². The molecule has 0 spiro atoms. The Balaban J connectivity index is 1.87. The van der Waals surface area contributed by atoms with Gasteiger partial charge in [0.05, 0.1) is 22.9 Å². The van der Waals surface area contributed by atoms with Crippen molar-refractivity contribution < 1.29 is 27.4 Å². The van der Waals surface area contributed by atoms with E-state index in [-0.39, 0.29) is 28.3 Å². The fourth-order valence-electron chi connectivity index (χ4n) is 3.49. The number of hydrogen-bond acceptors (Lipinski definition) is 3. The molecule has 0 saturated carbocycles. The molecule has 1 N–H and O–H groups in total. The van der Waals surface area contributed by atoms with Crippen LogP contribution in [0.2, 0.25) is 5.02 Å². The zero-order valence-corrected chi connectivity index (χ0v) is 20.7. The minimum Gasteiger partial charge on any atom is -0.493 e. The molecule has 0 heterocycles. The Morgan fingerprint density at radius 3 is 2.31 bits per heavy atom. The van der Waals surface area contributed by atoms with Gasteiger partial charge < -0.3 is 14.8 Å². The van der Waals surface area contributed by atoms with E-state index in [4.69, 9.17) is 21.1 Å². The highest BCUT2D eigenvalue weighted by Gasteiger charge is 2.31. The van der Waals surface area contributed by atoms with Crippen molar-refractivity contribution in [1.82, 2.24) is 0 Å². The van der Waals surface area contributed by atoms with Crippen LogP contribution in [0.1, 0.15) is 54.7 Å². The molecule has 0 saturated heterocycles. The van der Waals surface area contributed by atoms with E-state index >= 15 is 0 Å². The van der Waals surface area contributed by atoms with Crippen LogP contribution < -0.4 is 14.8 Å². The maximum atomic E-state index is 13.1. The molecular weight excluding hydrogens is 479 g/mol. The number of amides is 1. The van der Waals surface area contributed by atoms with Crippen molar-refractivity contribution in [1.29, 1.82) is 0 Å². The zero-order valence-electron chi connectivity index (χ0n) is 19.9. The summed E-state index contributed by atoms with van der Waals surface area (Å²) in [5, 5.41) is 2.47. The predicted molar refractivity (Wildman–Crippen MR) is 131 cm³/mol. The molecule has 35 heavy (non-hydrogen) atoms. The van der Waals surface area contributed by atoms with Gasteiger partial charge in [-0.25, -0.2) is 0 Å². The van der Waals surface area contributed by atoms with E-state index in [1.165, 1.54) is 6.07 Å². The number of rotatable bonds is 7. The Bertz CT molecular complexity index is 1200. The molecule has 0 aromatic heterocycles. The van der Waals surface area contributed by atoms with Gasteiger partial charge in [0.1, 0.15) is 18.1 Å². The van der Waals surface area contributed by atoms with Gasteiger partial charge in [0.25, 0.3) is 5.91 Å². The maximum Gasteiger partial charge on any atom is 0.416 e. The summed E-state index contributed by atoms with van der Waals surface area (Å²) in [6.45, 7) is 8.65. The highest BCUT2D eigenvalue weighted by atomic mass is 35.5. The van der Waals surface area contributed by atoms with E-state index in [9.17, 15) is 18.0 Å². The van der Waals surface area contributed by atoms with E-state index in [0.717, 1.165) is 23.8 Å². The molecule has 3 aromatic carbocycles. The van der Waals surface area contributed by atoms with Gasteiger partial charge in [0.2, 0.25) is 0 Å². The summed E-state index contributed by atoms with van der Waals surface area (Å²) < 4.78 is 51.0. The van der Waals surface area contributed by atoms with Gasteiger partial charge >= 0.3 is 6.18 Å². The molecule has 0 aliphatic rings. The van der Waals surface area contributed by atoms with Crippen molar-refractivity contribution in [3.8, 4) is 11.5 Å². The van der Waals surface area contributed by atoms with Crippen molar-refractivity contribution in [3.05, 3.63) is 87.9 Å². The molecule has 0 aliphatic heterocycles. The Morgan fingerprint density at radius 1 is 0.943 bits per heavy atom. The minimum atomic E-state index is -4.56. The first-order chi connectivity index (χ1) is 16.4. The number of nitrogens with one attached hydrogen (secondary N) is 1. The van der Waals surface area contributed by atoms with Gasteiger partial charge in [-0.15, -0.1) is 0 Å². The summed E-state index contributed by atoms with van der Waals surface area (Å²) in [6, 6.07) is 15.3. The summed E-state index contributed by atoms with van der Waals surface area (Å²) in [5.41, 5.74) is 0.715. The average Bonchev–Trinajstić information content (AvgIpc) is 2.78. The zero-order chi connectivity index (χ0) is 25.8. The van der Waals surface area contributed by atoms with Crippen molar-refractivity contribution in [2.45, 2.75) is 45.9 Å². The fourth-order valence-corrected chi connectivity index (χ4v) is 3.65. The standard InChI is InChI=1S/C27H27ClF3NO3/c1-5-34-23-13-10-17(25(33)32-22-15-19(27(29,30)31)11-12-21(22)28)14-18(23)16-35-24-9-7-6-8-20(24)26(2,3)4/h6-15H,5,16H2,1-4H3,(H,32,33). The molecule has 3 rings (SSSR count). The van der Waals surface area contributed by atoms with Crippen LogP contribution in [0.3, 0.4) is 0 Å². The SMILES string of the molecule is CCOc1ccc(C(=O)Nc2cc(C(F)(F)F)ccc2Cl)cc1COc1ccccc1C(C)(C)C. The van der Waals surface area contributed by atoms with Gasteiger partial charge in [-0.3, -0.25) is 4.79 Å². The largest absolute Gasteiger partial charge is 0.493 e. The highest BCUT2D eigenvalue weighted by Crippen LogP contribution is 2.35. The average molecular weight is 506 g/mol. The summed E-state index contributed by atoms with van der Waals surface area (Å²) in [5.74, 6) is 0.660. The van der Waals surface area contributed by atoms with Crippen LogP contribution in [0, 0.1) is 0 Å². The Hall–Kier alpha value is -3.19. The van der Waals surface area contributed by atoms with Crippen LogP contribution in [-0.2, 0) is 18.2 Å². The fraction of sp³-hybridized carbons (Fsp3) is 0.296. The first kappa shape index (κ1) is 26.4. The number of hydrogen-bond donors (Lipinski definition) is 1. The smallest absolute Gasteiger partial charge is 0.416 e. The first-order valence-corrected chi connectivity index (χ1v) is 11.4. The summed E-state index contributed by atoms with van der Waals surface area (Å²) in [4.78, 5) is 12.9. The van der Waals surface area contributed by atoms with Crippen LogP contribution in [-0.4, -0.2) is 12.5 Å². The molecule has 0 fully saturated rings. The van der Waals surface area contributed by atoms with Crippen LogP contribution in [0.15, 0.2) is 60.7 Å². The maximum absolute atomic E-state index is 13.1. The second kappa shape index (κ2) is 10.6. The first-order valence-electron chi connectivity index (χ1n) is 11.1. The molecule has 0 aliphatic carbocycles. The second-order valence-corrected chi connectivity index (χ2v) is 9.34. The lowest BCUT2D eigenvalue weighted by Crippen LogP contribution is -2.15. The number of alkyl halides is 3. The number of carbonyl (C=O) groups is 1. The normalized spacial score (nSPS) is 11.8. The molecule has 0 atom stereocenters. The minimum absolute atomic E-state index is 0.000342. The van der Waals surface area contributed by atoms with Crippen molar-refractivity contribution in [3.63, 3.8) is 0 Å². The Morgan fingerprint density at radius 2 is 1.66 bits per heavy atom. The van der Waals surface area contributed by atoms with Gasteiger partial charge in [0.15, 0.2) is 0 Å². The monoisotopic (exact) mass is 505 g/mol. The van der Waals surface area contributed by atoms with Gasteiger partial charge in [-0.1, -0.05) is 50.6 Å². The molecule has 3 aromatic rings. The highest BCUT2D eigenvalue weighted by molar-refractivity contribution is 6.34. The van der Waals surface area contributed by atoms with E-state index in [2.05, 4.69) is 26.1 Å². The summed E-state index contributed by atoms with van der Waals surface area (Å²) in [6.07, 6.45) is -4.56. The number of halogens is 4. The number of carbonyl (C=O) groups excluding carboxylic acids is 1. The summed E-state index contributed by atoms with van der Waals surface area (Å²) in [7, 11) is 0. The molecule has 0 bridgehead atoms. The number of para-hydroxylation sites is 1. The number of benzene rings is 3. The topological polar surface area (TPSA) is 47.6 Å². The molecule has 0 unspecified atom stereocenters. The van der Waals surface area contributed by atoms with E-state index in [0.29, 0.717) is 23.7 Å². The van der Waals surface area contributed by atoms with Gasteiger partial charge in [-0.05, 0) is 60.4 Å². The van der Waals surface area contributed by atoms with E-state index in [1.54, 1.807) is 12.1 Å². The number of ether oxygens (including phenoxy) is 2. The molecule has 4 nitrogen and oxygen atoms in total. The number of anilines is 1. The lowest BCUT2D eigenvalue weighted by atomic mass is 9.86. The molecule has 186 valence electrons. The van der Waals surface area contributed by atoms with E-state index in [1.807, 2.05) is 31.2 Å². The second-order valence-electron chi connectivity index (χ2n) is 8.94. The summed E-state index contributed by atoms with van der Waals surface area (Å²) >= 11 is 6.02. The van der Waals surface area contributed by atoms with Crippen LogP contribution in [0.25, 0.3) is 0 Å². The third kappa shape index (κ3) is 6.69. The lowest BCUT2D eigenvalue weighted by molar-refractivity contribution is -0.137. The van der Waals surface area contributed by atoms with Crippen molar-refractivity contribution >= 4 is 23.2 Å². The Kier molecular flexibility index (Phi) is 8.00. The van der Waals surface area contributed by atoms with Gasteiger partial charge in [0, 0.05) is 11.1 Å². The predicted octanol–water partition coefficient (Wildman–Crippen LogP) is 7.89.